The SMILES string of the molecule is C[C@H](c1ccccc1)N1CCNC1=O. The topological polar surface area (TPSA) is 32.3 Å². The van der Waals surface area contributed by atoms with E-state index in [0.29, 0.717) is 0 Å². The van der Waals surface area contributed by atoms with Gasteiger partial charge in [-0.05, 0) is 12.5 Å². The van der Waals surface area contributed by atoms with E-state index in [1.807, 2.05) is 23.1 Å². The van der Waals surface area contributed by atoms with Gasteiger partial charge in [-0.3, -0.25) is 0 Å². The standard InChI is InChI=1S/C11H14N2O/c1-9(10-5-3-2-4-6-10)13-8-7-12-11(13)14/h2-6,9H,7-8H2,1H3,(H,12,14)/t9-/m1/s1. The third-order valence-corrected chi connectivity index (χ3v) is 2.64. The van der Waals surface area contributed by atoms with E-state index in [9.17, 15) is 4.79 Å². The van der Waals surface area contributed by atoms with Crippen LogP contribution in [0.1, 0.15) is 18.5 Å². The fraction of sp³-hybridized carbons (Fsp3) is 0.364. The molecule has 2 rings (SSSR count). The van der Waals surface area contributed by atoms with Gasteiger partial charge < -0.3 is 10.2 Å². The highest BCUT2D eigenvalue weighted by atomic mass is 16.2. The fourth-order valence-electron chi connectivity index (χ4n) is 1.77. The summed E-state index contributed by atoms with van der Waals surface area (Å²) in [6.45, 7) is 3.62. The first kappa shape index (κ1) is 9.06. The predicted octanol–water partition coefficient (Wildman–Crippen LogP) is 1.77. The molecule has 1 atom stereocenters. The summed E-state index contributed by atoms with van der Waals surface area (Å²) >= 11 is 0. The summed E-state index contributed by atoms with van der Waals surface area (Å²) in [6, 6.07) is 10.3. The first-order valence-electron chi connectivity index (χ1n) is 4.88. The van der Waals surface area contributed by atoms with Crippen molar-refractivity contribution in [3.05, 3.63) is 35.9 Å². The molecule has 1 aliphatic heterocycles. The lowest BCUT2D eigenvalue weighted by Crippen LogP contribution is -2.30. The Balaban J connectivity index is 2.16. The van der Waals surface area contributed by atoms with Gasteiger partial charge in [-0.15, -0.1) is 0 Å². The van der Waals surface area contributed by atoms with E-state index in [-0.39, 0.29) is 12.1 Å². The molecule has 1 saturated heterocycles. The second-order valence-electron chi connectivity index (χ2n) is 3.51. The number of hydrogen-bond acceptors (Lipinski definition) is 1. The summed E-state index contributed by atoms with van der Waals surface area (Å²) in [5, 5.41) is 2.81. The largest absolute Gasteiger partial charge is 0.336 e. The third-order valence-electron chi connectivity index (χ3n) is 2.64. The van der Waals surface area contributed by atoms with Gasteiger partial charge in [0.1, 0.15) is 0 Å². The molecule has 1 fully saturated rings. The highest BCUT2D eigenvalue weighted by Crippen LogP contribution is 2.20. The van der Waals surface area contributed by atoms with Gasteiger partial charge in [-0.2, -0.15) is 0 Å². The van der Waals surface area contributed by atoms with Gasteiger partial charge in [0, 0.05) is 13.1 Å². The number of rotatable bonds is 2. The summed E-state index contributed by atoms with van der Waals surface area (Å²) in [7, 11) is 0. The maximum Gasteiger partial charge on any atom is 0.318 e. The van der Waals surface area contributed by atoms with Crippen LogP contribution in [-0.2, 0) is 0 Å². The summed E-state index contributed by atoms with van der Waals surface area (Å²) in [5.74, 6) is 0. The Labute approximate surface area is 83.7 Å². The zero-order valence-electron chi connectivity index (χ0n) is 8.23. The molecule has 0 aliphatic carbocycles. The molecule has 0 spiro atoms. The molecule has 1 aromatic rings. The van der Waals surface area contributed by atoms with E-state index in [1.54, 1.807) is 0 Å². The molecule has 3 nitrogen and oxygen atoms in total. The van der Waals surface area contributed by atoms with Crippen LogP contribution in [0.3, 0.4) is 0 Å². The number of nitrogens with zero attached hydrogens (tertiary/aromatic N) is 1. The molecule has 0 saturated carbocycles. The lowest BCUT2D eigenvalue weighted by atomic mass is 10.1. The van der Waals surface area contributed by atoms with Crippen molar-refractivity contribution in [3.63, 3.8) is 0 Å². The number of benzene rings is 1. The van der Waals surface area contributed by atoms with Crippen molar-refractivity contribution in [2.75, 3.05) is 13.1 Å². The van der Waals surface area contributed by atoms with Crippen LogP contribution in [0.15, 0.2) is 30.3 Å². The van der Waals surface area contributed by atoms with Crippen LogP contribution in [0.25, 0.3) is 0 Å². The van der Waals surface area contributed by atoms with Gasteiger partial charge in [-0.25, -0.2) is 4.79 Å². The van der Waals surface area contributed by atoms with Crippen LogP contribution in [-0.4, -0.2) is 24.0 Å². The van der Waals surface area contributed by atoms with Gasteiger partial charge in [0.25, 0.3) is 0 Å². The van der Waals surface area contributed by atoms with Crippen molar-refractivity contribution >= 4 is 6.03 Å². The molecule has 1 heterocycles. The van der Waals surface area contributed by atoms with E-state index in [4.69, 9.17) is 0 Å². The predicted molar refractivity (Wildman–Crippen MR) is 55.0 cm³/mol. The third kappa shape index (κ3) is 1.58. The van der Waals surface area contributed by atoms with Crippen molar-refractivity contribution in [1.82, 2.24) is 10.2 Å². The maximum absolute atomic E-state index is 11.4. The molecular formula is C11H14N2O. The quantitative estimate of drug-likeness (QED) is 0.757. The Kier molecular flexibility index (Phi) is 2.39. The summed E-state index contributed by atoms with van der Waals surface area (Å²) < 4.78 is 0. The van der Waals surface area contributed by atoms with Gasteiger partial charge >= 0.3 is 6.03 Å². The van der Waals surface area contributed by atoms with Crippen molar-refractivity contribution < 1.29 is 4.79 Å². The number of urea groups is 1. The molecule has 1 N–H and O–H groups in total. The van der Waals surface area contributed by atoms with Crippen LogP contribution in [0.5, 0.6) is 0 Å². The fourth-order valence-corrected chi connectivity index (χ4v) is 1.77. The number of nitrogens with one attached hydrogen (secondary N) is 1. The Bertz CT molecular complexity index is 323. The van der Waals surface area contributed by atoms with Crippen molar-refractivity contribution in [3.8, 4) is 0 Å². The zero-order valence-corrected chi connectivity index (χ0v) is 8.23. The first-order valence-corrected chi connectivity index (χ1v) is 4.88. The summed E-state index contributed by atoms with van der Waals surface area (Å²) in [5.41, 5.74) is 1.18. The number of hydrogen-bond donors (Lipinski definition) is 1. The van der Waals surface area contributed by atoms with Crippen LogP contribution < -0.4 is 5.32 Å². The van der Waals surface area contributed by atoms with Crippen molar-refractivity contribution in [2.24, 2.45) is 0 Å². The molecule has 0 aromatic heterocycles. The minimum Gasteiger partial charge on any atom is -0.336 e. The van der Waals surface area contributed by atoms with Gasteiger partial charge in [-0.1, -0.05) is 30.3 Å². The number of carbonyl (C=O) groups excluding carboxylic acids is 1. The van der Waals surface area contributed by atoms with Gasteiger partial charge in [0.2, 0.25) is 0 Å². The zero-order chi connectivity index (χ0) is 9.97. The Morgan fingerprint density at radius 1 is 1.36 bits per heavy atom. The molecule has 14 heavy (non-hydrogen) atoms. The second kappa shape index (κ2) is 3.70. The average molecular weight is 190 g/mol. The number of amides is 2. The smallest absolute Gasteiger partial charge is 0.318 e. The molecule has 2 amide bonds. The van der Waals surface area contributed by atoms with Gasteiger partial charge in [0.05, 0.1) is 6.04 Å². The molecule has 0 radical (unpaired) electrons. The van der Waals surface area contributed by atoms with Crippen molar-refractivity contribution in [2.45, 2.75) is 13.0 Å². The summed E-state index contributed by atoms with van der Waals surface area (Å²) in [4.78, 5) is 13.3. The van der Waals surface area contributed by atoms with E-state index in [1.165, 1.54) is 5.56 Å². The molecular weight excluding hydrogens is 176 g/mol. The van der Waals surface area contributed by atoms with E-state index >= 15 is 0 Å². The van der Waals surface area contributed by atoms with E-state index < -0.39 is 0 Å². The van der Waals surface area contributed by atoms with Gasteiger partial charge in [0.15, 0.2) is 0 Å². The number of carbonyl (C=O) groups is 1. The monoisotopic (exact) mass is 190 g/mol. The van der Waals surface area contributed by atoms with Crippen LogP contribution >= 0.6 is 0 Å². The van der Waals surface area contributed by atoms with Crippen molar-refractivity contribution in [1.29, 1.82) is 0 Å². The minimum atomic E-state index is 0.0429. The molecule has 0 unspecified atom stereocenters. The Morgan fingerprint density at radius 3 is 2.64 bits per heavy atom. The van der Waals surface area contributed by atoms with E-state index in [2.05, 4.69) is 24.4 Å². The Morgan fingerprint density at radius 2 is 2.07 bits per heavy atom. The summed E-state index contributed by atoms with van der Waals surface area (Å²) in [6.07, 6.45) is 0. The Hall–Kier alpha value is -1.51. The molecule has 0 bridgehead atoms. The highest BCUT2D eigenvalue weighted by molar-refractivity contribution is 5.76. The van der Waals surface area contributed by atoms with Crippen LogP contribution in [0, 0.1) is 0 Å². The maximum atomic E-state index is 11.4. The normalized spacial score (nSPS) is 18.1. The first-order chi connectivity index (χ1) is 6.79. The van der Waals surface area contributed by atoms with E-state index in [0.717, 1.165) is 13.1 Å². The molecule has 74 valence electrons. The lowest BCUT2D eigenvalue weighted by molar-refractivity contribution is 0.202. The highest BCUT2D eigenvalue weighted by Gasteiger charge is 2.25. The average Bonchev–Trinajstić information content (AvgIpc) is 2.65. The molecule has 3 heteroatoms. The lowest BCUT2D eigenvalue weighted by Gasteiger charge is -2.23. The molecule has 1 aliphatic rings. The second-order valence-corrected chi connectivity index (χ2v) is 3.51. The van der Waals surface area contributed by atoms with Crippen LogP contribution in [0.2, 0.25) is 0 Å². The minimum absolute atomic E-state index is 0.0429. The van der Waals surface area contributed by atoms with Crippen LogP contribution in [0.4, 0.5) is 4.79 Å². The molecule has 1 aromatic carbocycles.